The van der Waals surface area contributed by atoms with Crippen LogP contribution in [0.25, 0.3) is 11.0 Å². The van der Waals surface area contributed by atoms with Crippen molar-refractivity contribution in [3.8, 4) is 0 Å². The van der Waals surface area contributed by atoms with E-state index in [1.54, 1.807) is 12.4 Å². The van der Waals surface area contributed by atoms with Crippen LogP contribution >= 0.6 is 15.9 Å². The van der Waals surface area contributed by atoms with E-state index >= 15 is 0 Å². The smallest absolute Gasteiger partial charge is 0.229 e. The second-order valence-corrected chi connectivity index (χ2v) is 6.60. The van der Waals surface area contributed by atoms with Gasteiger partial charge in [0.1, 0.15) is 11.6 Å². The Bertz CT molecular complexity index is 1050. The molecule has 4 aromatic rings. The minimum absolute atomic E-state index is 0.503. The summed E-state index contributed by atoms with van der Waals surface area (Å²) in [5.74, 6) is 2.09. The van der Waals surface area contributed by atoms with E-state index in [0.717, 1.165) is 32.7 Å². The summed E-state index contributed by atoms with van der Waals surface area (Å²) in [7, 11) is 0. The summed E-state index contributed by atoms with van der Waals surface area (Å²) in [6, 6.07) is 11.7. The minimum atomic E-state index is 0.503. The lowest BCUT2D eigenvalue weighted by molar-refractivity contribution is 1.02. The van der Waals surface area contributed by atoms with Gasteiger partial charge in [-0.3, -0.25) is 4.98 Å². The molecule has 0 saturated carbocycles. The van der Waals surface area contributed by atoms with Gasteiger partial charge in [-0.2, -0.15) is 4.98 Å². The lowest BCUT2D eigenvalue weighted by atomic mass is 10.3. The zero-order valence-corrected chi connectivity index (χ0v) is 15.6. The number of fused-ring (bicyclic) bond motifs is 1. The molecule has 4 rings (SSSR count). The van der Waals surface area contributed by atoms with Crippen molar-refractivity contribution in [3.05, 3.63) is 64.8 Å². The Hall–Kier alpha value is -3.00. The van der Waals surface area contributed by atoms with E-state index in [-0.39, 0.29) is 0 Å². The number of nitrogens with one attached hydrogen (secondary N) is 3. The monoisotopic (exact) mass is 409 g/mol. The van der Waals surface area contributed by atoms with E-state index < -0.39 is 0 Å². The maximum Gasteiger partial charge on any atom is 0.229 e. The van der Waals surface area contributed by atoms with E-state index in [4.69, 9.17) is 0 Å². The zero-order chi connectivity index (χ0) is 17.9. The van der Waals surface area contributed by atoms with Crippen LogP contribution in [0, 0.1) is 6.92 Å². The molecule has 0 aliphatic heterocycles. The maximum absolute atomic E-state index is 4.53. The largest absolute Gasteiger partial charge is 0.363 e. The molecule has 8 heteroatoms. The standard InChI is InChI=1S/C18H16BrN7/c1-11-23-15-6-5-12(8-16(15)24-11)25-18-22-10-14(19)17(26-18)21-9-13-4-2-3-7-20-13/h2-8,10H,9H2,1H3,(H,23,24)(H2,21,22,25,26). The fraction of sp³-hybridized carbons (Fsp3) is 0.111. The third-order valence-corrected chi connectivity index (χ3v) is 4.35. The van der Waals surface area contributed by atoms with E-state index in [1.165, 1.54) is 0 Å². The molecule has 0 bridgehead atoms. The van der Waals surface area contributed by atoms with Crippen molar-refractivity contribution in [2.75, 3.05) is 10.6 Å². The third-order valence-electron chi connectivity index (χ3n) is 3.76. The number of benzene rings is 1. The highest BCUT2D eigenvalue weighted by Gasteiger charge is 2.07. The fourth-order valence-electron chi connectivity index (χ4n) is 2.57. The molecule has 0 saturated heterocycles. The molecule has 0 fully saturated rings. The Morgan fingerprint density at radius 2 is 2.04 bits per heavy atom. The molecule has 1 aromatic carbocycles. The lowest BCUT2D eigenvalue weighted by Gasteiger charge is -2.10. The van der Waals surface area contributed by atoms with Gasteiger partial charge in [0.05, 0.1) is 27.7 Å². The Balaban J connectivity index is 1.52. The summed E-state index contributed by atoms with van der Waals surface area (Å²) in [5, 5.41) is 6.49. The Kier molecular flexibility index (Phi) is 4.49. The predicted octanol–water partition coefficient (Wildman–Crippen LogP) is 4.17. The van der Waals surface area contributed by atoms with Crippen LogP contribution in [0.5, 0.6) is 0 Å². The summed E-state index contributed by atoms with van der Waals surface area (Å²) in [6.07, 6.45) is 3.49. The molecule has 7 nitrogen and oxygen atoms in total. The quantitative estimate of drug-likeness (QED) is 0.457. The second-order valence-electron chi connectivity index (χ2n) is 5.74. The number of H-pyrrole nitrogens is 1. The maximum atomic E-state index is 4.53. The van der Waals surface area contributed by atoms with Gasteiger partial charge in [-0.1, -0.05) is 6.07 Å². The van der Waals surface area contributed by atoms with Gasteiger partial charge >= 0.3 is 0 Å². The molecule has 130 valence electrons. The molecular weight excluding hydrogens is 394 g/mol. The minimum Gasteiger partial charge on any atom is -0.363 e. The molecule has 3 aromatic heterocycles. The van der Waals surface area contributed by atoms with Gasteiger partial charge in [0.15, 0.2) is 0 Å². The Labute approximate surface area is 158 Å². The highest BCUT2D eigenvalue weighted by Crippen LogP contribution is 2.24. The van der Waals surface area contributed by atoms with Gasteiger partial charge in [0.25, 0.3) is 0 Å². The van der Waals surface area contributed by atoms with Crippen molar-refractivity contribution in [2.45, 2.75) is 13.5 Å². The molecule has 3 N–H and O–H groups in total. The van der Waals surface area contributed by atoms with E-state index in [9.17, 15) is 0 Å². The fourth-order valence-corrected chi connectivity index (χ4v) is 2.90. The molecule has 0 aliphatic carbocycles. The van der Waals surface area contributed by atoms with E-state index in [2.05, 4.69) is 51.5 Å². The molecule has 0 atom stereocenters. The molecule has 0 aliphatic rings. The molecule has 26 heavy (non-hydrogen) atoms. The number of nitrogens with zero attached hydrogens (tertiary/aromatic N) is 4. The highest BCUT2D eigenvalue weighted by molar-refractivity contribution is 9.10. The van der Waals surface area contributed by atoms with Gasteiger partial charge < -0.3 is 15.6 Å². The van der Waals surface area contributed by atoms with Crippen LogP contribution in [0.15, 0.2) is 53.3 Å². The average molecular weight is 410 g/mol. The SMILES string of the molecule is Cc1nc2cc(Nc3ncc(Br)c(NCc4ccccn4)n3)ccc2[nH]1. The number of aryl methyl sites for hydroxylation is 1. The zero-order valence-electron chi connectivity index (χ0n) is 14.0. The lowest BCUT2D eigenvalue weighted by Crippen LogP contribution is -2.06. The number of hydrogen-bond donors (Lipinski definition) is 3. The van der Waals surface area contributed by atoms with Crippen LogP contribution in [-0.4, -0.2) is 24.9 Å². The highest BCUT2D eigenvalue weighted by atomic mass is 79.9. The molecule has 0 unspecified atom stereocenters. The molecule has 0 spiro atoms. The van der Waals surface area contributed by atoms with Gasteiger partial charge in [0, 0.05) is 18.1 Å². The predicted molar refractivity (Wildman–Crippen MR) is 105 cm³/mol. The summed E-state index contributed by atoms with van der Waals surface area (Å²) in [4.78, 5) is 20.8. The van der Waals surface area contributed by atoms with Crippen molar-refractivity contribution in [1.29, 1.82) is 0 Å². The first-order chi connectivity index (χ1) is 12.7. The van der Waals surface area contributed by atoms with Crippen molar-refractivity contribution in [3.63, 3.8) is 0 Å². The number of pyridine rings is 1. The number of aromatic nitrogens is 5. The van der Waals surface area contributed by atoms with E-state index in [0.29, 0.717) is 18.3 Å². The van der Waals surface area contributed by atoms with E-state index in [1.807, 2.05) is 43.3 Å². The van der Waals surface area contributed by atoms with Crippen molar-refractivity contribution in [1.82, 2.24) is 24.9 Å². The van der Waals surface area contributed by atoms with Crippen molar-refractivity contribution >= 4 is 44.4 Å². The summed E-state index contributed by atoms with van der Waals surface area (Å²) in [5.41, 5.74) is 3.72. The van der Waals surface area contributed by atoms with Crippen LogP contribution in [0.2, 0.25) is 0 Å². The summed E-state index contributed by atoms with van der Waals surface area (Å²) >= 11 is 3.47. The van der Waals surface area contributed by atoms with Gasteiger partial charge in [-0.25, -0.2) is 9.97 Å². The van der Waals surface area contributed by atoms with Gasteiger partial charge in [-0.05, 0) is 53.2 Å². The first kappa shape index (κ1) is 16.5. The molecular formula is C18H16BrN7. The van der Waals surface area contributed by atoms with Crippen molar-refractivity contribution in [2.24, 2.45) is 0 Å². The molecule has 3 heterocycles. The average Bonchev–Trinajstić information content (AvgIpc) is 3.02. The van der Waals surface area contributed by atoms with Gasteiger partial charge in [0.2, 0.25) is 5.95 Å². The van der Waals surface area contributed by atoms with Crippen LogP contribution in [0.1, 0.15) is 11.5 Å². The van der Waals surface area contributed by atoms with Crippen LogP contribution in [-0.2, 0) is 6.54 Å². The Morgan fingerprint density at radius 1 is 1.12 bits per heavy atom. The van der Waals surface area contributed by atoms with Crippen LogP contribution in [0.4, 0.5) is 17.5 Å². The topological polar surface area (TPSA) is 91.4 Å². The number of hydrogen-bond acceptors (Lipinski definition) is 6. The summed E-state index contributed by atoms with van der Waals surface area (Å²) in [6.45, 7) is 2.51. The van der Waals surface area contributed by atoms with Crippen LogP contribution < -0.4 is 10.6 Å². The Morgan fingerprint density at radius 3 is 2.88 bits per heavy atom. The summed E-state index contributed by atoms with van der Waals surface area (Å²) < 4.78 is 0.789. The number of halogens is 1. The first-order valence-corrected chi connectivity index (χ1v) is 8.86. The van der Waals surface area contributed by atoms with Gasteiger partial charge in [-0.15, -0.1) is 0 Å². The number of imidazole rings is 1. The molecule has 0 amide bonds. The first-order valence-electron chi connectivity index (χ1n) is 8.07. The number of rotatable bonds is 5. The second kappa shape index (κ2) is 7.09. The van der Waals surface area contributed by atoms with Crippen molar-refractivity contribution < 1.29 is 0 Å². The number of aromatic amines is 1. The van der Waals surface area contributed by atoms with Crippen LogP contribution in [0.3, 0.4) is 0 Å². The third kappa shape index (κ3) is 3.65. The number of anilines is 3. The normalized spacial score (nSPS) is 10.8. The molecule has 0 radical (unpaired) electrons.